The van der Waals surface area contributed by atoms with Crippen LogP contribution in [0.25, 0.3) is 0 Å². The fourth-order valence-electron chi connectivity index (χ4n) is 3.65. The van der Waals surface area contributed by atoms with Crippen molar-refractivity contribution in [3.8, 4) is 11.5 Å². The molecule has 0 heterocycles. The molecule has 1 saturated carbocycles. The highest BCUT2D eigenvalue weighted by molar-refractivity contribution is 6.06. The smallest absolute Gasteiger partial charge is 0.255 e. The highest BCUT2D eigenvalue weighted by Crippen LogP contribution is 2.49. The minimum Gasteiger partial charge on any atom is -0.494 e. The maximum absolute atomic E-state index is 13.1. The van der Waals surface area contributed by atoms with E-state index in [2.05, 4.69) is 10.6 Å². The third kappa shape index (κ3) is 4.10. The van der Waals surface area contributed by atoms with Gasteiger partial charge in [-0.3, -0.25) is 9.59 Å². The lowest BCUT2D eigenvalue weighted by molar-refractivity contribution is -0.118. The lowest BCUT2D eigenvalue weighted by Crippen LogP contribution is -2.28. The van der Waals surface area contributed by atoms with E-state index in [4.69, 9.17) is 9.47 Å². The minimum absolute atomic E-state index is 0.0832. The number of carbonyl (C=O) groups excluding carboxylic acids is 2. The van der Waals surface area contributed by atoms with E-state index in [-0.39, 0.29) is 11.8 Å². The highest BCUT2D eigenvalue weighted by atomic mass is 16.5. The van der Waals surface area contributed by atoms with Crippen LogP contribution in [0.1, 0.15) is 28.8 Å². The number of carbonyl (C=O) groups is 2. The number of ether oxygens (including phenoxy) is 2. The summed E-state index contributed by atoms with van der Waals surface area (Å²) in [6.45, 7) is 0. The predicted octanol–water partition coefficient (Wildman–Crippen LogP) is 4.63. The van der Waals surface area contributed by atoms with E-state index >= 15 is 0 Å². The number of anilines is 2. The van der Waals surface area contributed by atoms with Crippen LogP contribution >= 0.6 is 0 Å². The van der Waals surface area contributed by atoms with E-state index < -0.39 is 5.41 Å². The molecular formula is C25H24N2O4. The first kappa shape index (κ1) is 20.5. The number of hydrogen-bond acceptors (Lipinski definition) is 4. The molecule has 1 aliphatic rings. The second kappa shape index (κ2) is 8.52. The van der Waals surface area contributed by atoms with Crippen molar-refractivity contribution in [3.05, 3.63) is 83.9 Å². The van der Waals surface area contributed by atoms with Crippen molar-refractivity contribution in [2.75, 3.05) is 24.9 Å². The van der Waals surface area contributed by atoms with Gasteiger partial charge in [-0.25, -0.2) is 0 Å². The lowest BCUT2D eigenvalue weighted by Gasteiger charge is -2.19. The maximum Gasteiger partial charge on any atom is 0.255 e. The molecule has 3 aromatic rings. The van der Waals surface area contributed by atoms with Crippen LogP contribution in [0.3, 0.4) is 0 Å². The monoisotopic (exact) mass is 416 g/mol. The number of amides is 2. The average molecular weight is 416 g/mol. The molecule has 0 aliphatic heterocycles. The molecule has 0 radical (unpaired) electrons. The fourth-order valence-corrected chi connectivity index (χ4v) is 3.65. The molecule has 6 heteroatoms. The van der Waals surface area contributed by atoms with Gasteiger partial charge in [0.1, 0.15) is 11.5 Å². The van der Waals surface area contributed by atoms with Crippen molar-refractivity contribution in [2.45, 2.75) is 18.3 Å². The molecule has 0 saturated heterocycles. The summed E-state index contributed by atoms with van der Waals surface area (Å²) in [5.74, 6) is 0.505. The Bertz CT molecular complexity index is 1090. The van der Waals surface area contributed by atoms with Crippen LogP contribution in [0.2, 0.25) is 0 Å². The Labute approximate surface area is 181 Å². The molecule has 0 spiro atoms. The molecule has 2 amide bonds. The third-order valence-electron chi connectivity index (χ3n) is 5.57. The van der Waals surface area contributed by atoms with E-state index in [1.54, 1.807) is 36.4 Å². The number of rotatable bonds is 7. The Kier molecular flexibility index (Phi) is 5.62. The van der Waals surface area contributed by atoms with Gasteiger partial charge in [-0.15, -0.1) is 0 Å². The molecule has 4 rings (SSSR count). The maximum atomic E-state index is 13.1. The first-order chi connectivity index (χ1) is 15.1. The van der Waals surface area contributed by atoms with Crippen LogP contribution in [0.15, 0.2) is 72.8 Å². The van der Waals surface area contributed by atoms with Crippen molar-refractivity contribution < 1.29 is 19.1 Å². The summed E-state index contributed by atoms with van der Waals surface area (Å²) in [6, 6.07) is 22.0. The number of nitrogens with one attached hydrogen (secondary N) is 2. The molecule has 158 valence electrons. The molecule has 31 heavy (non-hydrogen) atoms. The Balaban J connectivity index is 1.59. The Morgan fingerprint density at radius 1 is 0.774 bits per heavy atom. The van der Waals surface area contributed by atoms with Gasteiger partial charge < -0.3 is 20.1 Å². The van der Waals surface area contributed by atoms with Crippen LogP contribution in [0.4, 0.5) is 11.4 Å². The summed E-state index contributed by atoms with van der Waals surface area (Å²) < 4.78 is 11.0. The first-order valence-corrected chi connectivity index (χ1v) is 10.1. The van der Waals surface area contributed by atoms with Gasteiger partial charge in [0.2, 0.25) is 5.91 Å². The zero-order valence-corrected chi connectivity index (χ0v) is 17.5. The molecule has 1 aliphatic carbocycles. The topological polar surface area (TPSA) is 76.7 Å². The molecule has 6 nitrogen and oxygen atoms in total. The van der Waals surface area contributed by atoms with Gasteiger partial charge in [-0.05, 0) is 30.5 Å². The van der Waals surface area contributed by atoms with Crippen LogP contribution < -0.4 is 20.1 Å². The second-order valence-corrected chi connectivity index (χ2v) is 7.48. The van der Waals surface area contributed by atoms with Crippen LogP contribution in [-0.4, -0.2) is 26.0 Å². The van der Waals surface area contributed by atoms with Gasteiger partial charge in [-0.2, -0.15) is 0 Å². The van der Waals surface area contributed by atoms with Crippen molar-refractivity contribution in [2.24, 2.45) is 0 Å². The van der Waals surface area contributed by atoms with Gasteiger partial charge >= 0.3 is 0 Å². The first-order valence-electron chi connectivity index (χ1n) is 10.1. The van der Waals surface area contributed by atoms with Crippen LogP contribution in [-0.2, 0) is 10.2 Å². The van der Waals surface area contributed by atoms with Gasteiger partial charge in [0.25, 0.3) is 5.91 Å². The standard InChI is InChI=1S/C25H24N2O4/c1-30-21-16-20(27-24(29)25(13-14-25)18-11-7-4-8-12-18)22(31-2)15-19(21)26-23(28)17-9-5-3-6-10-17/h3-12,15-16H,13-14H2,1-2H3,(H,26,28)(H,27,29). The van der Waals surface area contributed by atoms with Crippen molar-refractivity contribution in [3.63, 3.8) is 0 Å². The van der Waals surface area contributed by atoms with E-state index in [9.17, 15) is 9.59 Å². The van der Waals surface area contributed by atoms with Crippen LogP contribution in [0.5, 0.6) is 11.5 Å². The summed E-state index contributed by atoms with van der Waals surface area (Å²) in [7, 11) is 3.03. The van der Waals surface area contributed by atoms with Gasteiger partial charge in [0.15, 0.2) is 0 Å². The fraction of sp³-hybridized carbons (Fsp3) is 0.200. The average Bonchev–Trinajstić information content (AvgIpc) is 3.63. The minimum atomic E-state index is -0.514. The normalized spacial score (nSPS) is 13.7. The highest BCUT2D eigenvalue weighted by Gasteiger charge is 2.51. The molecule has 2 N–H and O–H groups in total. The number of hydrogen-bond donors (Lipinski definition) is 2. The van der Waals surface area contributed by atoms with E-state index in [1.165, 1.54) is 14.2 Å². The quantitative estimate of drug-likeness (QED) is 0.589. The summed E-state index contributed by atoms with van der Waals surface area (Å²) in [6.07, 6.45) is 1.60. The zero-order valence-electron chi connectivity index (χ0n) is 17.5. The molecular weight excluding hydrogens is 392 g/mol. The SMILES string of the molecule is COc1cc(NC(=O)C2(c3ccccc3)CC2)c(OC)cc1NC(=O)c1ccccc1. The van der Waals surface area contributed by atoms with Gasteiger partial charge in [0.05, 0.1) is 31.0 Å². The molecule has 3 aromatic carbocycles. The van der Waals surface area contributed by atoms with Crippen LogP contribution in [0, 0.1) is 0 Å². The predicted molar refractivity (Wildman–Crippen MR) is 120 cm³/mol. The molecule has 0 aromatic heterocycles. The van der Waals surface area contributed by atoms with E-state index in [1.807, 2.05) is 36.4 Å². The second-order valence-electron chi connectivity index (χ2n) is 7.48. The zero-order chi connectivity index (χ0) is 21.8. The van der Waals surface area contributed by atoms with Crippen molar-refractivity contribution in [1.29, 1.82) is 0 Å². The Morgan fingerprint density at radius 2 is 1.29 bits per heavy atom. The van der Waals surface area contributed by atoms with Gasteiger partial charge in [-0.1, -0.05) is 48.5 Å². The van der Waals surface area contributed by atoms with Gasteiger partial charge in [0, 0.05) is 17.7 Å². The summed E-state index contributed by atoms with van der Waals surface area (Å²) >= 11 is 0. The van der Waals surface area contributed by atoms with Crippen molar-refractivity contribution in [1.82, 2.24) is 0 Å². The third-order valence-corrected chi connectivity index (χ3v) is 5.57. The van der Waals surface area contributed by atoms with Crippen molar-refractivity contribution >= 4 is 23.2 Å². The molecule has 0 unspecified atom stereocenters. The summed E-state index contributed by atoms with van der Waals surface area (Å²) in [4.78, 5) is 25.7. The molecule has 0 atom stereocenters. The molecule has 0 bridgehead atoms. The summed E-state index contributed by atoms with van der Waals surface area (Å²) in [5, 5.41) is 5.84. The Morgan fingerprint density at radius 3 is 1.81 bits per heavy atom. The number of methoxy groups -OCH3 is 2. The lowest BCUT2D eigenvalue weighted by atomic mass is 9.95. The van der Waals surface area contributed by atoms with E-state index in [0.717, 1.165) is 18.4 Å². The number of benzene rings is 3. The largest absolute Gasteiger partial charge is 0.494 e. The van der Waals surface area contributed by atoms with E-state index in [0.29, 0.717) is 28.4 Å². The molecule has 1 fully saturated rings. The Hall–Kier alpha value is -3.80. The summed E-state index contributed by atoms with van der Waals surface area (Å²) in [5.41, 5.74) is 1.96.